The topological polar surface area (TPSA) is 54.0 Å². The van der Waals surface area contributed by atoms with Crippen molar-refractivity contribution in [1.29, 1.82) is 0 Å². The van der Waals surface area contributed by atoms with Crippen molar-refractivity contribution in [3.8, 4) is 22.3 Å². The zero-order valence-electron chi connectivity index (χ0n) is 19.7. The van der Waals surface area contributed by atoms with Crippen LogP contribution in [0.3, 0.4) is 0 Å². The first-order valence-electron chi connectivity index (χ1n) is 11.9. The Morgan fingerprint density at radius 1 is 0.459 bits per heavy atom. The van der Waals surface area contributed by atoms with Gasteiger partial charge in [-0.25, -0.2) is 9.97 Å². The third-order valence-corrected chi connectivity index (χ3v) is 6.39. The van der Waals surface area contributed by atoms with E-state index in [0.717, 1.165) is 67.1 Å². The molecule has 2 aliphatic heterocycles. The van der Waals surface area contributed by atoms with Gasteiger partial charge in [0.25, 0.3) is 0 Å². The van der Waals surface area contributed by atoms with Crippen LogP contribution in [0.15, 0.2) is 97.1 Å². The summed E-state index contributed by atoms with van der Waals surface area (Å²) >= 11 is 0. The van der Waals surface area contributed by atoms with Crippen LogP contribution < -0.4 is 9.97 Å². The summed E-state index contributed by atoms with van der Waals surface area (Å²) in [5.41, 5.74) is 11.2. The van der Waals surface area contributed by atoms with Crippen molar-refractivity contribution in [1.82, 2.24) is 19.9 Å². The van der Waals surface area contributed by atoms with E-state index < -0.39 is 0 Å². The maximum Gasteiger partial charge on any atom is 0.0703 e. The van der Waals surface area contributed by atoms with Crippen LogP contribution in [0, 0.1) is 0 Å². The first kappa shape index (κ1) is 23.0. The fourth-order valence-electron chi connectivity index (χ4n) is 4.76. The van der Waals surface area contributed by atoms with E-state index in [4.69, 9.17) is 19.9 Å². The molecule has 0 unspecified atom stereocenters. The Balaban J connectivity index is 0.00000252. The molecule has 0 spiro atoms. The van der Waals surface area contributed by atoms with Crippen molar-refractivity contribution in [3.63, 3.8) is 0 Å². The van der Waals surface area contributed by atoms with Gasteiger partial charge in [0.05, 0.1) is 22.8 Å². The molecule has 3 aromatic heterocycles. The second-order valence-corrected chi connectivity index (χ2v) is 8.79. The Kier molecular flexibility index (Phi) is 5.93. The summed E-state index contributed by atoms with van der Waals surface area (Å²) < 4.78 is 0. The van der Waals surface area contributed by atoms with Crippen LogP contribution in [-0.4, -0.2) is 9.97 Å². The van der Waals surface area contributed by atoms with Gasteiger partial charge in [0.2, 0.25) is 0 Å². The molecule has 0 N–H and O–H groups in total. The van der Waals surface area contributed by atoms with Crippen molar-refractivity contribution in [2.24, 2.45) is 0 Å². The monoisotopic (exact) mass is 516 g/mol. The smallest absolute Gasteiger partial charge is 0.0703 e. The van der Waals surface area contributed by atoms with E-state index >= 15 is 0 Å². The molecule has 7 rings (SSSR count). The molecule has 178 valence electrons. The number of fused-ring (bicyclic) bond motifs is 8. The van der Waals surface area contributed by atoms with E-state index in [1.165, 1.54) is 0 Å². The summed E-state index contributed by atoms with van der Waals surface area (Å²) in [6.07, 6.45) is 8.18. The Bertz CT molecular complexity index is 1690. The molecule has 8 bridgehead atoms. The van der Waals surface area contributed by atoms with E-state index in [1.54, 1.807) is 0 Å². The zero-order valence-corrected chi connectivity index (χ0v) is 20.8. The number of benzene rings is 2. The number of hydrogen-bond donors (Lipinski definition) is 0. The van der Waals surface area contributed by atoms with Crippen LogP contribution in [-0.2, 0) is 17.1 Å². The second kappa shape index (κ2) is 9.55. The average molecular weight is 516 g/mol. The molecule has 0 amide bonds. The summed E-state index contributed by atoms with van der Waals surface area (Å²) in [6, 6.07) is 32.8. The Labute approximate surface area is 225 Å². The minimum absolute atomic E-state index is 0. The molecular formula is C32H20FeN4-2. The molecule has 0 fully saturated rings. The van der Waals surface area contributed by atoms with Crippen LogP contribution >= 0.6 is 0 Å². The fourth-order valence-corrected chi connectivity index (χ4v) is 4.76. The predicted octanol–water partition coefficient (Wildman–Crippen LogP) is 7.25. The molecule has 2 aliphatic rings. The van der Waals surface area contributed by atoms with Crippen LogP contribution in [0.2, 0.25) is 0 Å². The van der Waals surface area contributed by atoms with Crippen molar-refractivity contribution in [2.45, 2.75) is 0 Å². The van der Waals surface area contributed by atoms with Gasteiger partial charge in [0.15, 0.2) is 0 Å². The van der Waals surface area contributed by atoms with Crippen molar-refractivity contribution >= 4 is 46.4 Å². The average Bonchev–Trinajstić information content (AvgIpc) is 3.72. The Hall–Kier alpha value is -4.44. The second-order valence-electron chi connectivity index (χ2n) is 8.79. The molecule has 0 aliphatic carbocycles. The van der Waals surface area contributed by atoms with E-state index in [9.17, 15) is 0 Å². The quantitative estimate of drug-likeness (QED) is 0.227. The number of nitrogens with zero attached hydrogens (tertiary/aromatic N) is 4. The molecule has 0 saturated heterocycles. The van der Waals surface area contributed by atoms with Gasteiger partial charge >= 0.3 is 0 Å². The van der Waals surface area contributed by atoms with Crippen molar-refractivity contribution < 1.29 is 17.1 Å². The Morgan fingerprint density at radius 3 is 1.32 bits per heavy atom. The molecule has 5 heteroatoms. The number of aromatic nitrogens is 4. The maximum absolute atomic E-state index is 4.95. The van der Waals surface area contributed by atoms with E-state index in [0.29, 0.717) is 0 Å². The van der Waals surface area contributed by atoms with Crippen LogP contribution in [0.25, 0.3) is 68.6 Å². The third kappa shape index (κ3) is 4.36. The summed E-state index contributed by atoms with van der Waals surface area (Å²) in [7, 11) is 0. The Morgan fingerprint density at radius 2 is 0.892 bits per heavy atom. The first-order valence-corrected chi connectivity index (χ1v) is 11.9. The van der Waals surface area contributed by atoms with E-state index in [2.05, 4.69) is 48.6 Å². The predicted molar refractivity (Wildman–Crippen MR) is 148 cm³/mol. The fraction of sp³-hybridized carbons (Fsp3) is 0. The van der Waals surface area contributed by atoms with E-state index in [1.807, 2.05) is 72.8 Å². The molecule has 4 nitrogen and oxygen atoms in total. The maximum atomic E-state index is 4.95. The van der Waals surface area contributed by atoms with Crippen LogP contribution in [0.4, 0.5) is 0 Å². The zero-order chi connectivity index (χ0) is 23.9. The molecule has 0 atom stereocenters. The molecule has 0 saturated carbocycles. The van der Waals surface area contributed by atoms with Gasteiger partial charge in [0.1, 0.15) is 0 Å². The molecular weight excluding hydrogens is 496 g/mol. The van der Waals surface area contributed by atoms with Crippen LogP contribution in [0.5, 0.6) is 0 Å². The summed E-state index contributed by atoms with van der Waals surface area (Å²) in [5.74, 6) is 0. The van der Waals surface area contributed by atoms with Gasteiger partial charge in [-0.1, -0.05) is 97.1 Å². The van der Waals surface area contributed by atoms with Gasteiger partial charge in [-0.3, -0.25) is 0 Å². The van der Waals surface area contributed by atoms with Gasteiger partial charge in [0, 0.05) is 17.1 Å². The van der Waals surface area contributed by atoms with E-state index in [-0.39, 0.29) is 17.1 Å². The van der Waals surface area contributed by atoms with Gasteiger partial charge in [-0.2, -0.15) is 0 Å². The van der Waals surface area contributed by atoms with Crippen molar-refractivity contribution in [2.75, 3.05) is 0 Å². The molecule has 5 heterocycles. The summed E-state index contributed by atoms with van der Waals surface area (Å²) in [4.78, 5) is 19.8. The minimum Gasteiger partial charge on any atom is -0.657 e. The van der Waals surface area contributed by atoms with Crippen molar-refractivity contribution in [3.05, 3.63) is 120 Å². The van der Waals surface area contributed by atoms with Gasteiger partial charge in [-0.15, -0.1) is 22.1 Å². The molecule has 5 aromatic rings. The normalized spacial score (nSPS) is 11.9. The van der Waals surface area contributed by atoms with Crippen LogP contribution in [0.1, 0.15) is 22.8 Å². The molecule has 37 heavy (non-hydrogen) atoms. The molecule has 0 radical (unpaired) electrons. The SMILES string of the molecule is C1=Cc2nc1cc1ccc([n-]1)c(-c1ccccc1)c1nc(cc3ccc([n-]3)c2-c2ccccc2)C=C1.[Fe]. The number of rotatable bonds is 2. The number of hydrogen-bond acceptors (Lipinski definition) is 2. The first-order chi connectivity index (χ1) is 17.8. The van der Waals surface area contributed by atoms with Gasteiger partial charge < -0.3 is 9.97 Å². The largest absolute Gasteiger partial charge is 0.657 e. The minimum atomic E-state index is 0. The molecule has 2 aromatic carbocycles. The summed E-state index contributed by atoms with van der Waals surface area (Å²) in [5, 5.41) is 0. The summed E-state index contributed by atoms with van der Waals surface area (Å²) in [6.45, 7) is 0. The van der Waals surface area contributed by atoms with Gasteiger partial charge in [-0.05, 0) is 46.6 Å². The third-order valence-electron chi connectivity index (χ3n) is 6.39. The standard InChI is InChI=1S/C32H20N4.Fe/c1-3-7-21(8-4-1)31-27-15-11-23(33-27)19-25-13-17-29(35-25)32(22-9-5-2-6-10-22)30-18-14-26(36-30)20-24-12-16-28(31)34-24;/h1-20H;/q-2;.